The van der Waals surface area contributed by atoms with Gasteiger partial charge >= 0.3 is 11.9 Å². The van der Waals surface area contributed by atoms with Crippen LogP contribution in [0, 0.1) is 29.6 Å². The van der Waals surface area contributed by atoms with Gasteiger partial charge in [-0.05, 0) is 92.7 Å². The molecule has 0 aliphatic heterocycles. The lowest BCUT2D eigenvalue weighted by molar-refractivity contribution is -0.162. The van der Waals surface area contributed by atoms with Crippen LogP contribution in [0.25, 0.3) is 0 Å². The van der Waals surface area contributed by atoms with Gasteiger partial charge in [-0.1, -0.05) is 51.6 Å². The number of benzene rings is 2. The van der Waals surface area contributed by atoms with E-state index < -0.39 is 11.9 Å². The molecule has 41 heavy (non-hydrogen) atoms. The Kier molecular flexibility index (Phi) is 10.4. The lowest BCUT2D eigenvalue weighted by atomic mass is 9.80. The van der Waals surface area contributed by atoms with E-state index in [2.05, 4.69) is 27.0 Å². The smallest absolute Gasteiger partial charge is 0.341 e. The molecule has 1 N–H and O–H groups in total. The molecule has 0 aromatic heterocycles. The van der Waals surface area contributed by atoms with Gasteiger partial charge in [0.2, 0.25) is 6.29 Å². The molecule has 3 aliphatic carbocycles. The van der Waals surface area contributed by atoms with Crippen molar-refractivity contribution in [2.45, 2.75) is 65.3 Å². The largest absolute Gasteiger partial charge is 0.465 e. The number of hydrogen-bond acceptors (Lipinski definition) is 7. The van der Waals surface area contributed by atoms with Gasteiger partial charge in [-0.25, -0.2) is 9.59 Å². The second kappa shape index (κ2) is 14.0. The highest BCUT2D eigenvalue weighted by molar-refractivity contribution is 5.89. The number of aliphatic hydroxyl groups is 1. The molecular formula is C34H42O7. The zero-order chi connectivity index (χ0) is 29.5. The fourth-order valence-corrected chi connectivity index (χ4v) is 6.30. The third kappa shape index (κ3) is 7.86. The van der Waals surface area contributed by atoms with Gasteiger partial charge in [-0.15, -0.1) is 0 Å². The number of carbonyl (C=O) groups excluding carboxylic acids is 2. The number of para-hydroxylation sites is 1. The van der Waals surface area contributed by atoms with Crippen molar-refractivity contribution in [1.29, 1.82) is 0 Å². The van der Waals surface area contributed by atoms with Gasteiger partial charge in [-0.2, -0.15) is 0 Å². The average molecular weight is 563 g/mol. The summed E-state index contributed by atoms with van der Waals surface area (Å²) in [6.45, 7) is 12.5. The normalized spacial score (nSPS) is 24.6. The quantitative estimate of drug-likeness (QED) is 0.153. The van der Waals surface area contributed by atoms with Crippen LogP contribution in [0.4, 0.5) is 0 Å². The van der Waals surface area contributed by atoms with E-state index in [1.54, 1.807) is 43.3 Å². The van der Waals surface area contributed by atoms with Gasteiger partial charge in [0.15, 0.2) is 0 Å². The van der Waals surface area contributed by atoms with E-state index in [1.807, 2.05) is 18.2 Å². The summed E-state index contributed by atoms with van der Waals surface area (Å²) in [4.78, 5) is 22.7. The minimum atomic E-state index is -0.603. The molecule has 0 saturated heterocycles. The molecular weight excluding hydrogens is 520 g/mol. The zero-order valence-corrected chi connectivity index (χ0v) is 24.3. The molecule has 3 aliphatic rings. The highest BCUT2D eigenvalue weighted by atomic mass is 16.7. The number of aliphatic hydroxyl groups excluding tert-OH is 1. The van der Waals surface area contributed by atoms with Crippen LogP contribution in [-0.4, -0.2) is 36.0 Å². The van der Waals surface area contributed by atoms with Crippen LogP contribution in [0.2, 0.25) is 0 Å². The van der Waals surface area contributed by atoms with Crippen molar-refractivity contribution in [2.24, 2.45) is 29.6 Å². The van der Waals surface area contributed by atoms with Crippen LogP contribution >= 0.6 is 0 Å². The molecule has 6 unspecified atom stereocenters. The van der Waals surface area contributed by atoms with Crippen molar-refractivity contribution in [3.8, 4) is 17.2 Å². The predicted octanol–water partition coefficient (Wildman–Crippen LogP) is 6.51. The maximum absolute atomic E-state index is 11.6. The molecule has 0 amide bonds. The van der Waals surface area contributed by atoms with E-state index in [0.29, 0.717) is 23.2 Å². The topological polar surface area (TPSA) is 91.3 Å². The first kappa shape index (κ1) is 30.5. The molecule has 7 heteroatoms. The Balaban J connectivity index is 0.000000251. The number of rotatable bonds is 10. The zero-order valence-electron chi connectivity index (χ0n) is 24.3. The van der Waals surface area contributed by atoms with Crippen LogP contribution in [-0.2, 0) is 14.3 Å². The summed E-state index contributed by atoms with van der Waals surface area (Å²) in [6.07, 6.45) is 6.87. The fourth-order valence-electron chi connectivity index (χ4n) is 6.30. The molecule has 2 aromatic rings. The van der Waals surface area contributed by atoms with Gasteiger partial charge in [0, 0.05) is 11.5 Å². The van der Waals surface area contributed by atoms with Crippen LogP contribution in [0.15, 0.2) is 78.9 Å². The first-order valence-corrected chi connectivity index (χ1v) is 14.5. The molecule has 3 fully saturated rings. The second-order valence-corrected chi connectivity index (χ2v) is 11.7. The monoisotopic (exact) mass is 562 g/mol. The Morgan fingerprint density at radius 1 is 0.854 bits per heavy atom. The molecule has 2 aromatic carbocycles. The summed E-state index contributed by atoms with van der Waals surface area (Å²) >= 11 is 0. The van der Waals surface area contributed by atoms with Crippen molar-refractivity contribution < 1.29 is 33.6 Å². The van der Waals surface area contributed by atoms with E-state index in [4.69, 9.17) is 24.1 Å². The van der Waals surface area contributed by atoms with E-state index in [1.165, 1.54) is 32.1 Å². The standard InChI is InChI=1S/C24H32O4.C10H10O3/c1-14(2)23(25)26-17-8-10-18(11-9-17)27-24(15(3)4)28-22-13-16-12-21(22)20-7-5-6-19(16)20;1-8(7-11)10(12)13-9-5-3-2-4-6-9/h8-11,15-16,19-22,24H,1,5-7,12-13H2,2-4H3;2-6,11H,1,7H2. The number of ether oxygens (including phenoxy) is 4. The molecule has 0 radical (unpaired) electrons. The minimum Gasteiger partial charge on any atom is -0.465 e. The lowest BCUT2D eigenvalue weighted by Crippen LogP contribution is -2.37. The van der Waals surface area contributed by atoms with E-state index in [9.17, 15) is 9.59 Å². The fraction of sp³-hybridized carbons (Fsp3) is 0.471. The van der Waals surface area contributed by atoms with Crippen molar-refractivity contribution in [3.63, 3.8) is 0 Å². The van der Waals surface area contributed by atoms with E-state index in [0.717, 1.165) is 29.4 Å². The predicted molar refractivity (Wildman–Crippen MR) is 156 cm³/mol. The third-order valence-electron chi connectivity index (χ3n) is 8.29. The molecule has 0 spiro atoms. The number of esters is 2. The maximum Gasteiger partial charge on any atom is 0.341 e. The Morgan fingerprint density at radius 3 is 2.10 bits per heavy atom. The van der Waals surface area contributed by atoms with Crippen LogP contribution in [0.5, 0.6) is 17.2 Å². The van der Waals surface area contributed by atoms with Gasteiger partial charge in [0.25, 0.3) is 0 Å². The molecule has 7 nitrogen and oxygen atoms in total. The Labute approximate surface area is 243 Å². The second-order valence-electron chi connectivity index (χ2n) is 11.7. The number of fused-ring (bicyclic) bond motifs is 5. The molecule has 2 bridgehead atoms. The first-order chi connectivity index (χ1) is 19.7. The Bertz CT molecular complexity index is 1200. The Morgan fingerprint density at radius 2 is 1.46 bits per heavy atom. The maximum atomic E-state index is 11.6. The van der Waals surface area contributed by atoms with Crippen molar-refractivity contribution in [3.05, 3.63) is 78.9 Å². The molecule has 220 valence electrons. The van der Waals surface area contributed by atoms with Gasteiger partial charge in [-0.3, -0.25) is 0 Å². The van der Waals surface area contributed by atoms with E-state index >= 15 is 0 Å². The first-order valence-electron chi connectivity index (χ1n) is 14.5. The lowest BCUT2D eigenvalue weighted by Gasteiger charge is -2.35. The highest BCUT2D eigenvalue weighted by Gasteiger charge is 2.54. The minimum absolute atomic E-state index is 0.0452. The summed E-state index contributed by atoms with van der Waals surface area (Å²) in [5, 5.41) is 8.58. The third-order valence-corrected chi connectivity index (χ3v) is 8.29. The molecule has 3 saturated carbocycles. The van der Waals surface area contributed by atoms with Crippen LogP contribution in [0.1, 0.15) is 52.9 Å². The van der Waals surface area contributed by atoms with Crippen LogP contribution < -0.4 is 14.2 Å². The summed E-state index contributed by atoms with van der Waals surface area (Å²) in [5.41, 5.74) is 0.424. The summed E-state index contributed by atoms with van der Waals surface area (Å²) in [7, 11) is 0. The number of carbonyl (C=O) groups is 2. The van der Waals surface area contributed by atoms with Gasteiger partial charge in [0.05, 0.1) is 18.3 Å². The van der Waals surface area contributed by atoms with Crippen molar-refractivity contribution in [1.82, 2.24) is 0 Å². The van der Waals surface area contributed by atoms with Gasteiger partial charge in [0.1, 0.15) is 17.2 Å². The SMILES string of the molecule is C=C(C)C(=O)Oc1ccc(OC(OC2CC3CC2C2CCCC32)C(C)C)cc1.C=C(CO)C(=O)Oc1ccccc1. The van der Waals surface area contributed by atoms with Crippen LogP contribution in [0.3, 0.4) is 0 Å². The summed E-state index contributed by atoms with van der Waals surface area (Å²) < 4.78 is 22.8. The van der Waals surface area contributed by atoms with Crippen molar-refractivity contribution >= 4 is 11.9 Å². The highest BCUT2D eigenvalue weighted by Crippen LogP contribution is 2.59. The van der Waals surface area contributed by atoms with E-state index in [-0.39, 0.29) is 24.4 Å². The molecule has 5 rings (SSSR count). The number of hydrogen-bond donors (Lipinski definition) is 1. The molecule has 6 atom stereocenters. The Hall–Kier alpha value is -3.42. The van der Waals surface area contributed by atoms with Gasteiger partial charge < -0.3 is 24.1 Å². The molecule has 0 heterocycles. The summed E-state index contributed by atoms with van der Waals surface area (Å²) in [5.74, 6) is 4.37. The van der Waals surface area contributed by atoms with Crippen molar-refractivity contribution in [2.75, 3.05) is 6.61 Å². The average Bonchev–Trinajstić information content (AvgIpc) is 3.68. The summed E-state index contributed by atoms with van der Waals surface area (Å²) in [6, 6.07) is 15.8.